The average Bonchev–Trinajstić information content (AvgIpc) is 2.38. The van der Waals surface area contributed by atoms with E-state index in [0.717, 1.165) is 0 Å². The van der Waals surface area contributed by atoms with Gasteiger partial charge < -0.3 is 20.5 Å². The maximum atomic E-state index is 11.9. The fourth-order valence-corrected chi connectivity index (χ4v) is 1.98. The molecule has 0 saturated heterocycles. The number of nitrogens with two attached hydrogens (primary N) is 1. The third kappa shape index (κ3) is 6.33. The number of nitrogens with one attached hydrogen (secondary N) is 1. The molecule has 1 atom stereocenters. The molecular weight excluding hydrogens is 315 g/mol. The SMILES string of the molecule is CC(C)C[NH2+][C@@H](CC(=O)Nc1ccc(Cl)c(Cl)c1)C(=O)[O-]. The second-order valence-corrected chi connectivity index (χ2v) is 5.99. The van der Waals surface area contributed by atoms with Crippen LogP contribution in [0.4, 0.5) is 5.69 Å². The normalized spacial score (nSPS) is 12.2. The summed E-state index contributed by atoms with van der Waals surface area (Å²) in [5, 5.41) is 15.9. The first-order chi connectivity index (χ1) is 9.79. The molecule has 0 radical (unpaired) electrons. The largest absolute Gasteiger partial charge is 0.544 e. The van der Waals surface area contributed by atoms with Crippen molar-refractivity contribution < 1.29 is 20.0 Å². The molecule has 5 nitrogen and oxygen atoms in total. The summed E-state index contributed by atoms with van der Waals surface area (Å²) in [6.45, 7) is 4.55. The fourth-order valence-electron chi connectivity index (χ4n) is 1.68. The molecule has 0 bridgehead atoms. The Balaban J connectivity index is 2.60. The molecule has 1 aromatic rings. The molecule has 21 heavy (non-hydrogen) atoms. The van der Waals surface area contributed by atoms with Crippen LogP contribution in [-0.2, 0) is 9.59 Å². The zero-order valence-electron chi connectivity index (χ0n) is 11.9. The van der Waals surface area contributed by atoms with E-state index in [9.17, 15) is 14.7 Å². The second kappa shape index (κ2) is 8.22. The number of benzene rings is 1. The fraction of sp³-hybridized carbons (Fsp3) is 0.429. The van der Waals surface area contributed by atoms with Crippen LogP contribution >= 0.6 is 23.2 Å². The molecule has 0 spiro atoms. The minimum atomic E-state index is -1.25. The molecule has 0 saturated carbocycles. The van der Waals surface area contributed by atoms with E-state index in [0.29, 0.717) is 28.2 Å². The van der Waals surface area contributed by atoms with Gasteiger partial charge >= 0.3 is 0 Å². The number of aliphatic carboxylic acids is 1. The van der Waals surface area contributed by atoms with E-state index in [1.807, 2.05) is 13.8 Å². The van der Waals surface area contributed by atoms with Crippen molar-refractivity contribution in [2.24, 2.45) is 5.92 Å². The highest BCUT2D eigenvalue weighted by Crippen LogP contribution is 2.25. The number of rotatable bonds is 7. The Morgan fingerprint density at radius 1 is 1.29 bits per heavy atom. The van der Waals surface area contributed by atoms with Crippen LogP contribution in [0.5, 0.6) is 0 Å². The molecule has 1 aromatic carbocycles. The van der Waals surface area contributed by atoms with Gasteiger partial charge in [0.15, 0.2) is 0 Å². The number of hydrogen-bond donors (Lipinski definition) is 2. The minimum Gasteiger partial charge on any atom is -0.544 e. The van der Waals surface area contributed by atoms with Crippen molar-refractivity contribution in [2.75, 3.05) is 11.9 Å². The van der Waals surface area contributed by atoms with E-state index in [2.05, 4.69) is 5.32 Å². The molecule has 0 aliphatic carbocycles. The lowest BCUT2D eigenvalue weighted by Gasteiger charge is -2.17. The number of amides is 1. The van der Waals surface area contributed by atoms with Crippen LogP contribution < -0.4 is 15.7 Å². The van der Waals surface area contributed by atoms with Gasteiger partial charge in [0.25, 0.3) is 0 Å². The van der Waals surface area contributed by atoms with Gasteiger partial charge in [-0.1, -0.05) is 37.0 Å². The van der Waals surface area contributed by atoms with E-state index in [1.54, 1.807) is 17.4 Å². The Morgan fingerprint density at radius 3 is 2.48 bits per heavy atom. The van der Waals surface area contributed by atoms with Crippen LogP contribution in [0.15, 0.2) is 18.2 Å². The topological polar surface area (TPSA) is 85.8 Å². The summed E-state index contributed by atoms with van der Waals surface area (Å²) in [7, 11) is 0. The Kier molecular flexibility index (Phi) is 6.95. The van der Waals surface area contributed by atoms with Gasteiger partial charge in [-0.2, -0.15) is 0 Å². The summed E-state index contributed by atoms with van der Waals surface area (Å²) in [5.41, 5.74) is 0.468. The first kappa shape index (κ1) is 17.8. The van der Waals surface area contributed by atoms with Crippen molar-refractivity contribution in [3.8, 4) is 0 Å². The lowest BCUT2D eigenvalue weighted by atomic mass is 10.1. The van der Waals surface area contributed by atoms with Crippen molar-refractivity contribution in [3.63, 3.8) is 0 Å². The molecule has 0 aliphatic heterocycles. The summed E-state index contributed by atoms with van der Waals surface area (Å²) < 4.78 is 0. The van der Waals surface area contributed by atoms with E-state index < -0.39 is 17.9 Å². The highest BCUT2D eigenvalue weighted by molar-refractivity contribution is 6.42. The molecule has 0 heterocycles. The van der Waals surface area contributed by atoms with Gasteiger partial charge in [-0.05, 0) is 18.2 Å². The molecule has 0 aromatic heterocycles. The van der Waals surface area contributed by atoms with E-state index >= 15 is 0 Å². The molecule has 1 amide bonds. The zero-order chi connectivity index (χ0) is 16.0. The maximum absolute atomic E-state index is 11.9. The number of hydrogen-bond acceptors (Lipinski definition) is 3. The van der Waals surface area contributed by atoms with Crippen LogP contribution in [-0.4, -0.2) is 24.5 Å². The van der Waals surface area contributed by atoms with Crippen LogP contribution in [0.1, 0.15) is 20.3 Å². The summed E-state index contributed by atoms with van der Waals surface area (Å²) in [5.74, 6) is -1.34. The van der Waals surface area contributed by atoms with Crippen molar-refractivity contribution in [1.82, 2.24) is 0 Å². The van der Waals surface area contributed by atoms with Gasteiger partial charge in [-0.3, -0.25) is 4.79 Å². The number of halogens is 2. The predicted molar refractivity (Wildman–Crippen MR) is 80.1 cm³/mol. The van der Waals surface area contributed by atoms with Gasteiger partial charge in [-0.25, -0.2) is 0 Å². The molecule has 0 fully saturated rings. The first-order valence-corrected chi connectivity index (χ1v) is 7.34. The maximum Gasteiger partial charge on any atom is 0.230 e. The third-order valence-electron chi connectivity index (χ3n) is 2.80. The molecule has 7 heteroatoms. The van der Waals surface area contributed by atoms with Crippen molar-refractivity contribution in [3.05, 3.63) is 28.2 Å². The molecular formula is C14H18Cl2N2O3. The van der Waals surface area contributed by atoms with Gasteiger partial charge in [-0.15, -0.1) is 0 Å². The Morgan fingerprint density at radius 2 is 1.95 bits per heavy atom. The van der Waals surface area contributed by atoms with Crippen molar-refractivity contribution in [2.45, 2.75) is 26.3 Å². The molecule has 3 N–H and O–H groups in total. The van der Waals surface area contributed by atoms with Crippen LogP contribution in [0.25, 0.3) is 0 Å². The van der Waals surface area contributed by atoms with Gasteiger partial charge in [0.05, 0.1) is 29.0 Å². The highest BCUT2D eigenvalue weighted by Gasteiger charge is 2.18. The smallest absolute Gasteiger partial charge is 0.230 e. The molecule has 116 valence electrons. The van der Waals surface area contributed by atoms with Crippen molar-refractivity contribution in [1.29, 1.82) is 0 Å². The van der Waals surface area contributed by atoms with Gasteiger partial charge in [0.2, 0.25) is 5.91 Å². The first-order valence-electron chi connectivity index (χ1n) is 6.58. The number of carbonyl (C=O) groups is 2. The van der Waals surface area contributed by atoms with Crippen LogP contribution in [0, 0.1) is 5.92 Å². The highest BCUT2D eigenvalue weighted by atomic mass is 35.5. The zero-order valence-corrected chi connectivity index (χ0v) is 13.4. The summed E-state index contributed by atoms with van der Waals surface area (Å²) >= 11 is 11.6. The molecule has 0 unspecified atom stereocenters. The second-order valence-electron chi connectivity index (χ2n) is 5.17. The number of quaternary nitrogens is 1. The van der Waals surface area contributed by atoms with Crippen LogP contribution in [0.3, 0.4) is 0 Å². The van der Waals surface area contributed by atoms with Crippen LogP contribution in [0.2, 0.25) is 10.0 Å². The Hall–Kier alpha value is -1.30. The predicted octanol–water partition coefficient (Wildman–Crippen LogP) is 0.660. The third-order valence-corrected chi connectivity index (χ3v) is 3.54. The lowest BCUT2D eigenvalue weighted by molar-refractivity contribution is -0.686. The monoisotopic (exact) mass is 332 g/mol. The number of carboxylic acids is 1. The Labute approximate surface area is 133 Å². The molecule has 1 rings (SSSR count). The summed E-state index contributed by atoms with van der Waals surface area (Å²) in [6, 6.07) is 3.75. The average molecular weight is 333 g/mol. The van der Waals surface area contributed by atoms with E-state index in [-0.39, 0.29) is 6.42 Å². The van der Waals surface area contributed by atoms with Gasteiger partial charge in [0, 0.05) is 11.6 Å². The Bertz CT molecular complexity index is 521. The van der Waals surface area contributed by atoms with Crippen molar-refractivity contribution >= 4 is 40.8 Å². The lowest BCUT2D eigenvalue weighted by Crippen LogP contribution is -2.94. The quantitative estimate of drug-likeness (QED) is 0.769. The van der Waals surface area contributed by atoms with Gasteiger partial charge in [0.1, 0.15) is 6.04 Å². The van der Waals surface area contributed by atoms with E-state index in [1.165, 1.54) is 6.07 Å². The number of anilines is 1. The molecule has 0 aliphatic rings. The minimum absolute atomic E-state index is 0.171. The number of carbonyl (C=O) groups excluding carboxylic acids is 2. The summed E-state index contributed by atoms with van der Waals surface area (Å²) in [4.78, 5) is 22.9. The van der Waals surface area contributed by atoms with E-state index in [4.69, 9.17) is 23.2 Å². The summed E-state index contributed by atoms with van der Waals surface area (Å²) in [6.07, 6.45) is -0.171. The number of carboxylic acid groups (broad SMARTS) is 1. The standard InChI is InChI=1S/C14H18Cl2N2O3/c1-8(2)7-17-12(14(20)21)6-13(19)18-9-3-4-10(15)11(16)5-9/h3-5,8,12,17H,6-7H2,1-2H3,(H,18,19)(H,20,21)/t12-/m0/s1.